The Morgan fingerprint density at radius 3 is 2.47 bits per heavy atom. The SMILES string of the molecule is COC(=O)C(Nc1ccc(C(N)=S)c(C)c1)C(C)C. The maximum Gasteiger partial charge on any atom is 0.328 e. The number of thiocarbonyl (C=S) groups is 1. The number of esters is 1. The number of aryl methyl sites for hydroxylation is 1. The van der Waals surface area contributed by atoms with Gasteiger partial charge in [-0.05, 0) is 36.6 Å². The number of ether oxygens (including phenoxy) is 1. The molecular weight excluding hydrogens is 260 g/mol. The van der Waals surface area contributed by atoms with Crippen LogP contribution in [0.3, 0.4) is 0 Å². The van der Waals surface area contributed by atoms with Crippen LogP contribution in [0.4, 0.5) is 5.69 Å². The number of methoxy groups -OCH3 is 1. The van der Waals surface area contributed by atoms with E-state index in [2.05, 4.69) is 5.32 Å². The fourth-order valence-electron chi connectivity index (χ4n) is 1.83. The summed E-state index contributed by atoms with van der Waals surface area (Å²) in [5.41, 5.74) is 8.29. The number of hydrogen-bond acceptors (Lipinski definition) is 4. The third-order valence-corrected chi connectivity index (χ3v) is 3.16. The molecule has 0 aliphatic rings. The third-order valence-electron chi connectivity index (χ3n) is 2.94. The molecule has 0 aliphatic heterocycles. The van der Waals surface area contributed by atoms with Crippen LogP contribution < -0.4 is 11.1 Å². The number of nitrogens with two attached hydrogens (primary N) is 1. The van der Waals surface area contributed by atoms with Gasteiger partial charge in [-0.1, -0.05) is 26.1 Å². The number of rotatable bonds is 5. The molecule has 3 N–H and O–H groups in total. The lowest BCUT2D eigenvalue weighted by Gasteiger charge is -2.21. The second-order valence-corrected chi connectivity index (χ2v) is 5.22. The number of benzene rings is 1. The standard InChI is InChI=1S/C14H20N2O2S/c1-8(2)12(14(17)18-4)16-10-5-6-11(13(15)19)9(3)7-10/h5-8,12,16H,1-4H3,(H2,15,19). The molecule has 0 radical (unpaired) electrons. The van der Waals surface area contributed by atoms with Crippen molar-refractivity contribution in [3.05, 3.63) is 29.3 Å². The van der Waals surface area contributed by atoms with Gasteiger partial charge in [-0.3, -0.25) is 0 Å². The van der Waals surface area contributed by atoms with Crippen LogP contribution in [-0.2, 0) is 9.53 Å². The van der Waals surface area contributed by atoms with E-state index in [1.54, 1.807) is 0 Å². The number of nitrogens with one attached hydrogen (secondary N) is 1. The molecule has 1 unspecified atom stereocenters. The van der Waals surface area contributed by atoms with Gasteiger partial charge in [0.15, 0.2) is 0 Å². The second-order valence-electron chi connectivity index (χ2n) is 4.78. The van der Waals surface area contributed by atoms with E-state index in [1.807, 2.05) is 39.0 Å². The second kappa shape index (κ2) is 6.52. The molecule has 1 aromatic carbocycles. The van der Waals surface area contributed by atoms with Crippen molar-refractivity contribution in [2.75, 3.05) is 12.4 Å². The molecule has 0 aromatic heterocycles. The Bertz CT molecular complexity index is 486. The smallest absolute Gasteiger partial charge is 0.328 e. The molecule has 4 nitrogen and oxygen atoms in total. The van der Waals surface area contributed by atoms with Gasteiger partial charge >= 0.3 is 5.97 Å². The summed E-state index contributed by atoms with van der Waals surface area (Å²) in [6.45, 7) is 5.86. The van der Waals surface area contributed by atoms with Crippen LogP contribution in [-0.4, -0.2) is 24.1 Å². The fraction of sp³-hybridized carbons (Fsp3) is 0.429. The normalized spacial score (nSPS) is 12.1. The maximum absolute atomic E-state index is 11.7. The molecule has 19 heavy (non-hydrogen) atoms. The van der Waals surface area contributed by atoms with E-state index < -0.39 is 0 Å². The van der Waals surface area contributed by atoms with Gasteiger partial charge in [-0.2, -0.15) is 0 Å². The van der Waals surface area contributed by atoms with Crippen LogP contribution in [0.15, 0.2) is 18.2 Å². The van der Waals surface area contributed by atoms with Crippen LogP contribution in [0.25, 0.3) is 0 Å². The first kappa shape index (κ1) is 15.4. The van der Waals surface area contributed by atoms with E-state index in [0.29, 0.717) is 4.99 Å². The van der Waals surface area contributed by atoms with Gasteiger partial charge in [0.05, 0.1) is 7.11 Å². The van der Waals surface area contributed by atoms with Crippen molar-refractivity contribution in [3.63, 3.8) is 0 Å². The minimum Gasteiger partial charge on any atom is -0.467 e. The van der Waals surface area contributed by atoms with E-state index >= 15 is 0 Å². The zero-order chi connectivity index (χ0) is 14.6. The lowest BCUT2D eigenvalue weighted by atomic mass is 10.0. The average molecular weight is 280 g/mol. The number of carbonyl (C=O) groups excluding carboxylic acids is 1. The lowest BCUT2D eigenvalue weighted by Crippen LogP contribution is -2.35. The average Bonchev–Trinajstić information content (AvgIpc) is 2.34. The highest BCUT2D eigenvalue weighted by Crippen LogP contribution is 2.18. The predicted molar refractivity (Wildman–Crippen MR) is 81.3 cm³/mol. The van der Waals surface area contributed by atoms with Gasteiger partial charge < -0.3 is 15.8 Å². The number of anilines is 1. The first-order chi connectivity index (χ1) is 8.86. The third kappa shape index (κ3) is 3.92. The summed E-state index contributed by atoms with van der Waals surface area (Å²) in [5.74, 6) is -0.144. The van der Waals surface area contributed by atoms with Gasteiger partial charge in [-0.15, -0.1) is 0 Å². The summed E-state index contributed by atoms with van der Waals surface area (Å²) in [4.78, 5) is 12.1. The summed E-state index contributed by atoms with van der Waals surface area (Å²) in [6, 6.07) is 5.27. The summed E-state index contributed by atoms with van der Waals surface area (Å²) < 4.78 is 4.80. The molecule has 0 heterocycles. The minimum absolute atomic E-state index is 0.128. The molecule has 104 valence electrons. The Hall–Kier alpha value is -1.62. The number of hydrogen-bond donors (Lipinski definition) is 2. The molecule has 0 spiro atoms. The molecule has 1 aromatic rings. The number of carbonyl (C=O) groups is 1. The van der Waals surface area contributed by atoms with Crippen molar-refractivity contribution in [1.82, 2.24) is 0 Å². The van der Waals surface area contributed by atoms with Crippen LogP contribution in [0.5, 0.6) is 0 Å². The Labute approximate surface area is 119 Å². The molecule has 0 bridgehead atoms. The largest absolute Gasteiger partial charge is 0.467 e. The van der Waals surface area contributed by atoms with Crippen LogP contribution >= 0.6 is 12.2 Å². The lowest BCUT2D eigenvalue weighted by molar-refractivity contribution is -0.142. The van der Waals surface area contributed by atoms with E-state index in [0.717, 1.165) is 16.8 Å². The Morgan fingerprint density at radius 2 is 2.05 bits per heavy atom. The van der Waals surface area contributed by atoms with E-state index in [-0.39, 0.29) is 17.9 Å². The molecule has 0 fully saturated rings. The summed E-state index contributed by atoms with van der Waals surface area (Å²) in [6.07, 6.45) is 0. The summed E-state index contributed by atoms with van der Waals surface area (Å²) in [7, 11) is 1.39. The van der Waals surface area contributed by atoms with Crippen molar-refractivity contribution in [2.24, 2.45) is 11.7 Å². The Balaban J connectivity index is 2.95. The molecular formula is C14H20N2O2S. The van der Waals surface area contributed by atoms with Crippen molar-refractivity contribution >= 4 is 28.9 Å². The van der Waals surface area contributed by atoms with Gasteiger partial charge in [0.2, 0.25) is 0 Å². The minimum atomic E-state index is -0.375. The van der Waals surface area contributed by atoms with Crippen LogP contribution in [0.2, 0.25) is 0 Å². The summed E-state index contributed by atoms with van der Waals surface area (Å²) >= 11 is 4.97. The molecule has 1 rings (SSSR count). The topological polar surface area (TPSA) is 64.3 Å². The highest BCUT2D eigenvalue weighted by molar-refractivity contribution is 7.80. The molecule has 0 amide bonds. The van der Waals surface area contributed by atoms with Gasteiger partial charge in [0, 0.05) is 11.3 Å². The fourth-order valence-corrected chi connectivity index (χ4v) is 2.06. The maximum atomic E-state index is 11.7. The highest BCUT2D eigenvalue weighted by Gasteiger charge is 2.22. The van der Waals surface area contributed by atoms with Gasteiger partial charge in [-0.25, -0.2) is 4.79 Å². The van der Waals surface area contributed by atoms with Gasteiger partial charge in [0.1, 0.15) is 11.0 Å². The zero-order valence-electron chi connectivity index (χ0n) is 11.7. The van der Waals surface area contributed by atoms with Crippen molar-refractivity contribution < 1.29 is 9.53 Å². The van der Waals surface area contributed by atoms with Gasteiger partial charge in [0.25, 0.3) is 0 Å². The molecule has 0 aliphatic carbocycles. The van der Waals surface area contributed by atoms with Crippen molar-refractivity contribution in [3.8, 4) is 0 Å². The molecule has 1 atom stereocenters. The Kier molecular flexibility index (Phi) is 5.30. The van der Waals surface area contributed by atoms with E-state index in [9.17, 15) is 4.79 Å². The first-order valence-corrected chi connectivity index (χ1v) is 6.52. The van der Waals surface area contributed by atoms with E-state index in [1.165, 1.54) is 7.11 Å². The van der Waals surface area contributed by atoms with Crippen molar-refractivity contribution in [1.29, 1.82) is 0 Å². The highest BCUT2D eigenvalue weighted by atomic mass is 32.1. The quantitative estimate of drug-likeness (QED) is 0.639. The molecule has 5 heteroatoms. The van der Waals surface area contributed by atoms with Crippen molar-refractivity contribution in [2.45, 2.75) is 26.8 Å². The Morgan fingerprint density at radius 1 is 1.42 bits per heavy atom. The van der Waals surface area contributed by atoms with E-state index in [4.69, 9.17) is 22.7 Å². The monoisotopic (exact) mass is 280 g/mol. The zero-order valence-corrected chi connectivity index (χ0v) is 12.5. The molecule has 0 saturated heterocycles. The first-order valence-electron chi connectivity index (χ1n) is 6.11. The predicted octanol–water partition coefficient (Wildman–Crippen LogP) is 2.24. The molecule has 0 saturated carbocycles. The van der Waals surface area contributed by atoms with Crippen LogP contribution in [0.1, 0.15) is 25.0 Å². The van der Waals surface area contributed by atoms with Crippen LogP contribution in [0, 0.1) is 12.8 Å². The summed E-state index contributed by atoms with van der Waals surface area (Å²) in [5, 5.41) is 3.18.